The van der Waals surface area contributed by atoms with E-state index >= 15 is 0 Å². The van der Waals surface area contributed by atoms with Crippen LogP contribution in [0.4, 0.5) is 4.39 Å². The van der Waals surface area contributed by atoms with E-state index < -0.39 is 5.91 Å². The molecule has 0 saturated heterocycles. The molecule has 1 heterocycles. The van der Waals surface area contributed by atoms with Gasteiger partial charge in [-0.1, -0.05) is 0 Å². The Kier molecular flexibility index (Phi) is 3.02. The van der Waals surface area contributed by atoms with Crippen molar-refractivity contribution in [3.05, 3.63) is 29.8 Å². The highest BCUT2D eigenvalue weighted by atomic mass is 35.5. The van der Waals surface area contributed by atoms with Crippen LogP contribution in [0.5, 0.6) is 0 Å². The summed E-state index contributed by atoms with van der Waals surface area (Å²) >= 11 is 5.97. The Morgan fingerprint density at radius 3 is 2.94 bits per heavy atom. The zero-order valence-corrected chi connectivity index (χ0v) is 9.91. The second-order valence-corrected chi connectivity index (χ2v) is 4.43. The van der Waals surface area contributed by atoms with Crippen LogP contribution in [0.15, 0.2) is 18.2 Å². The van der Waals surface area contributed by atoms with Crippen molar-refractivity contribution in [3.8, 4) is 0 Å². The number of benzene rings is 1. The van der Waals surface area contributed by atoms with Crippen molar-refractivity contribution >= 4 is 28.5 Å². The molecule has 17 heavy (non-hydrogen) atoms. The number of imidazole rings is 1. The zero-order chi connectivity index (χ0) is 12.6. The van der Waals surface area contributed by atoms with Gasteiger partial charge in [0.05, 0.1) is 16.4 Å². The van der Waals surface area contributed by atoms with Crippen molar-refractivity contribution < 1.29 is 9.18 Å². The zero-order valence-electron chi connectivity index (χ0n) is 9.15. The van der Waals surface area contributed by atoms with Crippen LogP contribution in [0, 0.1) is 5.82 Å². The lowest BCUT2D eigenvalue weighted by atomic mass is 10.3. The minimum absolute atomic E-state index is 0.0193. The lowest BCUT2D eigenvalue weighted by Crippen LogP contribution is -2.20. The van der Waals surface area contributed by atoms with Crippen LogP contribution in [-0.4, -0.2) is 15.5 Å². The maximum atomic E-state index is 13.1. The summed E-state index contributed by atoms with van der Waals surface area (Å²) < 4.78 is 14.7. The highest BCUT2D eigenvalue weighted by Gasteiger charge is 2.16. The largest absolute Gasteiger partial charge is 0.368 e. The van der Waals surface area contributed by atoms with E-state index in [0.29, 0.717) is 16.9 Å². The Morgan fingerprint density at radius 2 is 2.35 bits per heavy atom. The predicted molar refractivity (Wildman–Crippen MR) is 63.2 cm³/mol. The van der Waals surface area contributed by atoms with Crippen molar-refractivity contribution in [1.29, 1.82) is 0 Å². The van der Waals surface area contributed by atoms with E-state index in [2.05, 4.69) is 4.98 Å². The Bertz CT molecular complexity index is 579. The Balaban J connectivity index is 2.66. The first-order valence-corrected chi connectivity index (χ1v) is 5.50. The van der Waals surface area contributed by atoms with Crippen molar-refractivity contribution in [2.45, 2.75) is 18.8 Å². The number of halogens is 2. The molecule has 1 aromatic carbocycles. The molecule has 0 aliphatic rings. The van der Waals surface area contributed by atoms with Gasteiger partial charge < -0.3 is 10.3 Å². The molecule has 0 spiro atoms. The van der Waals surface area contributed by atoms with E-state index in [4.69, 9.17) is 17.3 Å². The van der Waals surface area contributed by atoms with E-state index in [1.165, 1.54) is 12.1 Å². The molecule has 0 fully saturated rings. The smallest absolute Gasteiger partial charge is 0.237 e. The number of rotatable bonds is 3. The highest BCUT2D eigenvalue weighted by Crippen LogP contribution is 2.24. The number of alkyl halides is 1. The molecule has 0 saturated carbocycles. The molecule has 2 N–H and O–H groups in total. The van der Waals surface area contributed by atoms with E-state index in [-0.39, 0.29) is 17.7 Å². The second-order valence-electron chi connectivity index (χ2n) is 3.77. The first-order valence-electron chi connectivity index (χ1n) is 5.07. The lowest BCUT2D eigenvalue weighted by molar-refractivity contribution is -0.118. The molecular weight excluding hydrogens is 245 g/mol. The van der Waals surface area contributed by atoms with Crippen LogP contribution < -0.4 is 5.73 Å². The maximum Gasteiger partial charge on any atom is 0.237 e. The quantitative estimate of drug-likeness (QED) is 0.853. The SMILES string of the molecule is CC(Cl)c1nc2cc(F)ccc2n1CC(N)=O. The summed E-state index contributed by atoms with van der Waals surface area (Å²) in [6.07, 6.45) is 0. The van der Waals surface area contributed by atoms with Gasteiger partial charge in [0.15, 0.2) is 0 Å². The molecule has 4 nitrogen and oxygen atoms in total. The number of fused-ring (bicyclic) bond motifs is 1. The van der Waals surface area contributed by atoms with Gasteiger partial charge in [-0.3, -0.25) is 4.79 Å². The number of nitrogens with two attached hydrogens (primary N) is 1. The van der Waals surface area contributed by atoms with Gasteiger partial charge in [0, 0.05) is 6.07 Å². The van der Waals surface area contributed by atoms with Gasteiger partial charge in [-0.15, -0.1) is 11.6 Å². The fourth-order valence-electron chi connectivity index (χ4n) is 1.75. The lowest BCUT2D eigenvalue weighted by Gasteiger charge is -2.07. The molecule has 90 valence electrons. The van der Waals surface area contributed by atoms with Crippen LogP contribution in [0.1, 0.15) is 18.1 Å². The van der Waals surface area contributed by atoms with Crippen molar-refractivity contribution in [1.82, 2.24) is 9.55 Å². The van der Waals surface area contributed by atoms with Crippen molar-refractivity contribution in [2.75, 3.05) is 0 Å². The van der Waals surface area contributed by atoms with Gasteiger partial charge in [-0.2, -0.15) is 0 Å². The fourth-order valence-corrected chi connectivity index (χ4v) is 1.91. The second kappa shape index (κ2) is 4.33. The topological polar surface area (TPSA) is 60.9 Å². The average molecular weight is 256 g/mol. The number of carbonyl (C=O) groups excluding carboxylic acids is 1. The summed E-state index contributed by atoms with van der Waals surface area (Å²) in [5.74, 6) is -0.367. The average Bonchev–Trinajstić information content (AvgIpc) is 2.55. The monoisotopic (exact) mass is 255 g/mol. The standard InChI is InChI=1S/C11H11ClFN3O/c1-6(12)11-15-8-4-7(13)2-3-9(8)16(11)5-10(14)17/h2-4,6H,5H2,1H3,(H2,14,17). The van der Waals surface area contributed by atoms with Gasteiger partial charge in [0.25, 0.3) is 0 Å². The molecule has 1 amide bonds. The van der Waals surface area contributed by atoms with Gasteiger partial charge in [0.2, 0.25) is 5.91 Å². The summed E-state index contributed by atoms with van der Waals surface area (Å²) in [4.78, 5) is 15.2. The molecule has 1 atom stereocenters. The molecule has 1 aromatic heterocycles. The van der Waals surface area contributed by atoms with Gasteiger partial charge >= 0.3 is 0 Å². The van der Waals surface area contributed by atoms with Crippen LogP contribution in [0.2, 0.25) is 0 Å². The molecule has 6 heteroatoms. The summed E-state index contributed by atoms with van der Waals surface area (Å²) in [5, 5.41) is -0.384. The summed E-state index contributed by atoms with van der Waals surface area (Å²) in [6, 6.07) is 4.17. The number of carbonyl (C=O) groups is 1. The number of hydrogen-bond acceptors (Lipinski definition) is 2. The normalized spacial score (nSPS) is 12.9. The van der Waals surface area contributed by atoms with Gasteiger partial charge in [-0.25, -0.2) is 9.37 Å². The molecule has 2 rings (SSSR count). The Labute approximate surface area is 102 Å². The summed E-state index contributed by atoms with van der Waals surface area (Å²) in [6.45, 7) is 1.71. The number of amides is 1. The molecule has 1 unspecified atom stereocenters. The molecule has 0 radical (unpaired) electrons. The first kappa shape index (κ1) is 11.9. The molecule has 0 aliphatic carbocycles. The highest BCUT2D eigenvalue weighted by molar-refractivity contribution is 6.20. The van der Waals surface area contributed by atoms with Gasteiger partial charge in [0.1, 0.15) is 18.2 Å². The number of hydrogen-bond donors (Lipinski definition) is 1. The summed E-state index contributed by atoms with van der Waals surface area (Å²) in [7, 11) is 0. The van der Waals surface area contributed by atoms with Gasteiger partial charge in [-0.05, 0) is 19.1 Å². The first-order chi connectivity index (χ1) is 7.99. The minimum atomic E-state index is -0.493. The third kappa shape index (κ3) is 2.24. The third-order valence-corrected chi connectivity index (χ3v) is 2.60. The molecule has 0 bridgehead atoms. The number of primary amides is 1. The van der Waals surface area contributed by atoms with Crippen LogP contribution in [0.25, 0.3) is 11.0 Å². The van der Waals surface area contributed by atoms with Crippen LogP contribution >= 0.6 is 11.6 Å². The molecule has 0 aliphatic heterocycles. The third-order valence-electron chi connectivity index (χ3n) is 2.41. The molecular formula is C11H11ClFN3O. The summed E-state index contributed by atoms with van der Waals surface area (Å²) in [5.41, 5.74) is 6.28. The Hall–Kier alpha value is -1.62. The van der Waals surface area contributed by atoms with Crippen molar-refractivity contribution in [3.63, 3.8) is 0 Å². The minimum Gasteiger partial charge on any atom is -0.368 e. The number of nitrogens with zero attached hydrogens (tertiary/aromatic N) is 2. The predicted octanol–water partition coefficient (Wildman–Crippen LogP) is 1.96. The van der Waals surface area contributed by atoms with Crippen LogP contribution in [0.3, 0.4) is 0 Å². The number of aromatic nitrogens is 2. The van der Waals surface area contributed by atoms with E-state index in [1.54, 1.807) is 17.6 Å². The van der Waals surface area contributed by atoms with Crippen LogP contribution in [-0.2, 0) is 11.3 Å². The maximum absolute atomic E-state index is 13.1. The van der Waals surface area contributed by atoms with E-state index in [9.17, 15) is 9.18 Å². The van der Waals surface area contributed by atoms with E-state index in [0.717, 1.165) is 0 Å². The fraction of sp³-hybridized carbons (Fsp3) is 0.273. The molecule has 2 aromatic rings. The van der Waals surface area contributed by atoms with E-state index in [1.807, 2.05) is 0 Å². The Morgan fingerprint density at radius 1 is 1.65 bits per heavy atom. The van der Waals surface area contributed by atoms with Crippen molar-refractivity contribution in [2.24, 2.45) is 5.73 Å².